The van der Waals surface area contributed by atoms with Crippen LogP contribution in [0, 0.1) is 11.7 Å². The second kappa shape index (κ2) is 5.57. The lowest BCUT2D eigenvalue weighted by Crippen LogP contribution is -2.25. The van der Waals surface area contributed by atoms with Crippen molar-refractivity contribution in [3.63, 3.8) is 0 Å². The number of nitrogens with zero attached hydrogens (tertiary/aromatic N) is 1. The largest absolute Gasteiger partial charge is 0.496 e. The van der Waals surface area contributed by atoms with Gasteiger partial charge in [0.05, 0.1) is 13.0 Å². The minimum absolute atomic E-state index is 0.0156. The molecule has 1 N–H and O–H groups in total. The number of carboxylic acid groups (broad SMARTS) is 1. The molecule has 0 radical (unpaired) electrons. The zero-order valence-corrected chi connectivity index (χ0v) is 11.1. The van der Waals surface area contributed by atoms with Gasteiger partial charge in [0.2, 0.25) is 0 Å². The zero-order valence-electron chi connectivity index (χ0n) is 11.1. The quantitative estimate of drug-likeness (QED) is 0.906. The number of methoxy groups -OCH3 is 1. The van der Waals surface area contributed by atoms with Crippen LogP contribution in [0.2, 0.25) is 0 Å². The maximum atomic E-state index is 13.4. The van der Waals surface area contributed by atoms with Crippen LogP contribution in [0.25, 0.3) is 0 Å². The third-order valence-corrected chi connectivity index (χ3v) is 3.69. The van der Waals surface area contributed by atoms with Crippen LogP contribution < -0.4 is 4.74 Å². The Morgan fingerprint density at radius 2 is 2.32 bits per heavy atom. The molecule has 0 aliphatic carbocycles. The van der Waals surface area contributed by atoms with Gasteiger partial charge < -0.3 is 14.7 Å². The van der Waals surface area contributed by atoms with Crippen molar-refractivity contribution in [1.29, 1.82) is 0 Å². The minimum atomic E-state index is -0.927. The highest BCUT2D eigenvalue weighted by Gasteiger charge is 2.35. The first-order valence-electron chi connectivity index (χ1n) is 6.27. The number of carbonyl (C=O) groups is 1. The number of aliphatic carboxylic acids is 1. The summed E-state index contributed by atoms with van der Waals surface area (Å²) in [4.78, 5) is 13.7. The van der Waals surface area contributed by atoms with Crippen LogP contribution in [0.15, 0.2) is 18.2 Å². The Bertz CT molecular complexity index is 478. The van der Waals surface area contributed by atoms with E-state index in [-0.39, 0.29) is 5.92 Å². The fourth-order valence-corrected chi connectivity index (χ4v) is 2.78. The van der Waals surface area contributed by atoms with Gasteiger partial charge in [-0.1, -0.05) is 0 Å². The molecule has 2 rings (SSSR count). The molecule has 2 unspecified atom stereocenters. The topological polar surface area (TPSA) is 49.8 Å². The average molecular weight is 267 g/mol. The van der Waals surface area contributed by atoms with Crippen molar-refractivity contribution in [3.8, 4) is 5.75 Å². The van der Waals surface area contributed by atoms with Gasteiger partial charge in [0.15, 0.2) is 0 Å². The molecule has 104 valence electrons. The fraction of sp³-hybridized carbons (Fsp3) is 0.500. The summed E-state index contributed by atoms with van der Waals surface area (Å²) in [6.45, 7) is 1.57. The monoisotopic (exact) mass is 267 g/mol. The summed E-state index contributed by atoms with van der Waals surface area (Å²) in [5, 5.41) is 9.49. The Balaban J connectivity index is 2.39. The van der Waals surface area contributed by atoms with Crippen molar-refractivity contribution >= 4 is 5.97 Å². The third kappa shape index (κ3) is 2.87. The van der Waals surface area contributed by atoms with Crippen molar-refractivity contribution < 1.29 is 19.0 Å². The zero-order chi connectivity index (χ0) is 14.0. The first-order valence-corrected chi connectivity index (χ1v) is 6.27. The Hall–Kier alpha value is -1.62. The number of hydrogen-bond acceptors (Lipinski definition) is 3. The summed E-state index contributed by atoms with van der Waals surface area (Å²) in [6, 6.07) is 4.04. The number of hydrogen-bond donors (Lipinski definition) is 1. The van der Waals surface area contributed by atoms with E-state index in [0.717, 1.165) is 13.0 Å². The Morgan fingerprint density at radius 1 is 1.58 bits per heavy atom. The normalized spacial score (nSPS) is 21.3. The maximum Gasteiger partial charge on any atom is 0.311 e. The van der Waals surface area contributed by atoms with E-state index in [4.69, 9.17) is 4.74 Å². The maximum absolute atomic E-state index is 13.4. The van der Waals surface area contributed by atoms with E-state index in [0.29, 0.717) is 17.9 Å². The molecule has 0 spiro atoms. The molecular weight excluding hydrogens is 249 g/mol. The third-order valence-electron chi connectivity index (χ3n) is 3.69. The van der Waals surface area contributed by atoms with Gasteiger partial charge in [0.25, 0.3) is 0 Å². The number of carboxylic acids is 1. The first-order chi connectivity index (χ1) is 9.02. The standard InChI is InChI=1S/C14H18FNO3/c1-16-6-5-9(8-16)13(14(17)18)11-7-10(15)3-4-12(11)19-2/h3-4,7,9,13H,5-6,8H2,1-2H3,(H,17,18). The van der Waals surface area contributed by atoms with Gasteiger partial charge in [-0.3, -0.25) is 4.79 Å². The number of benzene rings is 1. The summed E-state index contributed by atoms with van der Waals surface area (Å²) in [5.74, 6) is -1.67. The molecule has 5 heteroatoms. The lowest BCUT2D eigenvalue weighted by Gasteiger charge is -2.22. The lowest BCUT2D eigenvalue weighted by atomic mass is 9.85. The SMILES string of the molecule is COc1ccc(F)cc1C(C(=O)O)C1CCN(C)C1. The molecule has 1 aliphatic heterocycles. The van der Waals surface area contributed by atoms with Gasteiger partial charge in [-0.15, -0.1) is 0 Å². The number of ether oxygens (including phenoxy) is 1. The molecule has 1 aliphatic rings. The molecule has 1 aromatic rings. The van der Waals surface area contributed by atoms with Crippen LogP contribution in [-0.2, 0) is 4.79 Å². The first kappa shape index (κ1) is 13.8. The van der Waals surface area contributed by atoms with E-state index in [2.05, 4.69) is 4.90 Å². The average Bonchev–Trinajstić information content (AvgIpc) is 2.76. The summed E-state index contributed by atoms with van der Waals surface area (Å²) in [7, 11) is 3.43. The Kier molecular flexibility index (Phi) is 4.04. The van der Waals surface area contributed by atoms with Gasteiger partial charge in [-0.25, -0.2) is 4.39 Å². The van der Waals surface area contributed by atoms with Crippen molar-refractivity contribution in [2.75, 3.05) is 27.2 Å². The van der Waals surface area contributed by atoms with E-state index in [1.54, 1.807) is 0 Å². The van der Waals surface area contributed by atoms with Crippen molar-refractivity contribution in [1.82, 2.24) is 4.90 Å². The van der Waals surface area contributed by atoms with Crippen LogP contribution in [0.1, 0.15) is 17.9 Å². The highest BCUT2D eigenvalue weighted by atomic mass is 19.1. The van der Waals surface area contributed by atoms with Gasteiger partial charge in [-0.2, -0.15) is 0 Å². The van der Waals surface area contributed by atoms with E-state index in [9.17, 15) is 14.3 Å². The summed E-state index contributed by atoms with van der Waals surface area (Å²) < 4.78 is 18.6. The smallest absolute Gasteiger partial charge is 0.311 e. The molecule has 0 bridgehead atoms. The second-order valence-corrected chi connectivity index (χ2v) is 5.01. The van der Waals surface area contributed by atoms with Gasteiger partial charge in [-0.05, 0) is 44.1 Å². The van der Waals surface area contributed by atoms with E-state index >= 15 is 0 Å². The molecule has 1 aromatic carbocycles. The Morgan fingerprint density at radius 3 is 2.84 bits per heavy atom. The number of rotatable bonds is 4. The van der Waals surface area contributed by atoms with Crippen LogP contribution >= 0.6 is 0 Å². The van der Waals surface area contributed by atoms with E-state index in [1.807, 2.05) is 7.05 Å². The molecule has 0 saturated carbocycles. The molecule has 0 aromatic heterocycles. The van der Waals surface area contributed by atoms with Gasteiger partial charge in [0.1, 0.15) is 11.6 Å². The molecule has 19 heavy (non-hydrogen) atoms. The predicted molar refractivity (Wildman–Crippen MR) is 68.9 cm³/mol. The van der Waals surface area contributed by atoms with Gasteiger partial charge in [0, 0.05) is 12.1 Å². The summed E-state index contributed by atoms with van der Waals surface area (Å²) >= 11 is 0. The molecule has 1 heterocycles. The van der Waals surface area contributed by atoms with E-state index in [1.165, 1.54) is 25.3 Å². The lowest BCUT2D eigenvalue weighted by molar-refractivity contribution is -0.140. The number of likely N-dealkylation sites (tertiary alicyclic amines) is 1. The van der Waals surface area contributed by atoms with Gasteiger partial charge >= 0.3 is 5.97 Å². The van der Waals surface area contributed by atoms with Crippen molar-refractivity contribution in [2.45, 2.75) is 12.3 Å². The van der Waals surface area contributed by atoms with Crippen molar-refractivity contribution in [3.05, 3.63) is 29.6 Å². The highest BCUT2D eigenvalue weighted by molar-refractivity contribution is 5.77. The van der Waals surface area contributed by atoms with Crippen molar-refractivity contribution in [2.24, 2.45) is 5.92 Å². The number of halogens is 1. The van der Waals surface area contributed by atoms with Crippen LogP contribution in [0.4, 0.5) is 4.39 Å². The van der Waals surface area contributed by atoms with Crippen LogP contribution in [-0.4, -0.2) is 43.2 Å². The summed E-state index contributed by atoms with van der Waals surface area (Å²) in [5.41, 5.74) is 0.426. The Labute approximate surface area is 111 Å². The molecule has 1 fully saturated rings. The molecule has 1 saturated heterocycles. The molecule has 2 atom stereocenters. The second-order valence-electron chi connectivity index (χ2n) is 5.01. The fourth-order valence-electron chi connectivity index (χ4n) is 2.78. The summed E-state index contributed by atoms with van der Waals surface area (Å²) in [6.07, 6.45) is 0.799. The van der Waals surface area contributed by atoms with E-state index < -0.39 is 17.7 Å². The highest BCUT2D eigenvalue weighted by Crippen LogP contribution is 2.37. The molecule has 4 nitrogen and oxygen atoms in total. The van der Waals surface area contributed by atoms with Crippen LogP contribution in [0.3, 0.4) is 0 Å². The van der Waals surface area contributed by atoms with Crippen LogP contribution in [0.5, 0.6) is 5.75 Å². The molecular formula is C14H18FNO3. The minimum Gasteiger partial charge on any atom is -0.496 e. The molecule has 0 amide bonds. The predicted octanol–water partition coefficient (Wildman–Crippen LogP) is 1.95.